The molecule has 0 aromatic carbocycles. The van der Waals surface area contributed by atoms with Crippen molar-refractivity contribution in [2.24, 2.45) is 11.7 Å². The molecule has 3 N–H and O–H groups in total. The van der Waals surface area contributed by atoms with Crippen LogP contribution >= 0.6 is 0 Å². The highest BCUT2D eigenvalue weighted by atomic mass is 14.6. The van der Waals surface area contributed by atoms with Gasteiger partial charge >= 0.3 is 0 Å². The monoisotopic (exact) mass is 178 g/mol. The van der Waals surface area contributed by atoms with Gasteiger partial charge < -0.3 is 11.1 Å². The van der Waals surface area contributed by atoms with Crippen LogP contribution in [0.15, 0.2) is 36.1 Å². The van der Waals surface area contributed by atoms with Crippen molar-refractivity contribution in [2.75, 3.05) is 0 Å². The fraction of sp³-hybridized carbons (Fsp3) is 0.364. The van der Waals surface area contributed by atoms with Crippen molar-refractivity contribution in [1.82, 2.24) is 0 Å². The lowest BCUT2D eigenvalue weighted by Crippen LogP contribution is -2.08. The second kappa shape index (κ2) is 5.36. The Kier molecular flexibility index (Phi) is 4.82. The molecule has 0 bridgehead atoms. The quantitative estimate of drug-likeness (QED) is 0.504. The van der Waals surface area contributed by atoms with Gasteiger partial charge in [0.15, 0.2) is 0 Å². The topological polar surface area (TPSA) is 49.9 Å². The van der Waals surface area contributed by atoms with E-state index < -0.39 is 0 Å². The molecule has 0 fully saturated rings. The molecule has 2 heteroatoms. The Bertz CT molecular complexity index is 257. The first-order chi connectivity index (χ1) is 5.99. The summed E-state index contributed by atoms with van der Waals surface area (Å²) < 4.78 is 0. The molecular formula is C11H18N2. The predicted octanol–water partition coefficient (Wildman–Crippen LogP) is 2.64. The van der Waals surface area contributed by atoms with Crippen molar-refractivity contribution >= 4 is 5.71 Å². The maximum absolute atomic E-state index is 7.65. The van der Waals surface area contributed by atoms with Gasteiger partial charge in [-0.3, -0.25) is 0 Å². The van der Waals surface area contributed by atoms with Gasteiger partial charge in [0.05, 0.1) is 5.71 Å². The van der Waals surface area contributed by atoms with Crippen LogP contribution in [0, 0.1) is 11.3 Å². The average Bonchev–Trinajstić information content (AvgIpc) is 2.04. The standard InChI is InChI=1S/C11H18N2/c1-5-6-9(4)11(13)7-10(12)8(2)3/h5-8,13H,1,12H2,2-4H3/b9-6+,10-7?,13-11?. The highest BCUT2D eigenvalue weighted by molar-refractivity contribution is 6.06. The van der Waals surface area contributed by atoms with Gasteiger partial charge in [0, 0.05) is 5.70 Å². The molecule has 0 atom stereocenters. The van der Waals surface area contributed by atoms with Crippen molar-refractivity contribution in [3.05, 3.63) is 36.1 Å². The molecule has 0 unspecified atom stereocenters. The van der Waals surface area contributed by atoms with Crippen molar-refractivity contribution < 1.29 is 0 Å². The molecule has 0 radical (unpaired) electrons. The fourth-order valence-corrected chi connectivity index (χ4v) is 0.714. The third-order valence-electron chi connectivity index (χ3n) is 1.77. The molecule has 2 nitrogen and oxygen atoms in total. The minimum Gasteiger partial charge on any atom is -0.402 e. The minimum atomic E-state index is 0.289. The summed E-state index contributed by atoms with van der Waals surface area (Å²) in [4.78, 5) is 0. The molecule has 0 aliphatic carbocycles. The van der Waals surface area contributed by atoms with E-state index in [1.165, 1.54) is 0 Å². The van der Waals surface area contributed by atoms with Crippen LogP contribution in [0.3, 0.4) is 0 Å². The maximum Gasteiger partial charge on any atom is 0.0586 e. The molecule has 0 saturated carbocycles. The maximum atomic E-state index is 7.65. The zero-order valence-electron chi connectivity index (χ0n) is 8.59. The molecule has 0 spiro atoms. The van der Waals surface area contributed by atoms with E-state index in [4.69, 9.17) is 11.1 Å². The summed E-state index contributed by atoms with van der Waals surface area (Å²) in [6, 6.07) is 0. The number of hydrogen-bond acceptors (Lipinski definition) is 2. The van der Waals surface area contributed by atoms with E-state index in [9.17, 15) is 0 Å². The van der Waals surface area contributed by atoms with Gasteiger partial charge in [0.1, 0.15) is 0 Å². The smallest absolute Gasteiger partial charge is 0.0586 e. The second-order valence-electron chi connectivity index (χ2n) is 3.30. The normalized spacial score (nSPS) is 13.2. The van der Waals surface area contributed by atoms with Crippen molar-refractivity contribution in [3.8, 4) is 0 Å². The van der Waals surface area contributed by atoms with Gasteiger partial charge in [-0.05, 0) is 24.5 Å². The minimum absolute atomic E-state index is 0.289. The van der Waals surface area contributed by atoms with Gasteiger partial charge in [0.25, 0.3) is 0 Å². The van der Waals surface area contributed by atoms with Crippen LogP contribution in [0.1, 0.15) is 20.8 Å². The average molecular weight is 178 g/mol. The summed E-state index contributed by atoms with van der Waals surface area (Å²) in [5, 5.41) is 7.65. The van der Waals surface area contributed by atoms with Gasteiger partial charge in [0.2, 0.25) is 0 Å². The summed E-state index contributed by atoms with van der Waals surface area (Å²) in [6.07, 6.45) is 5.16. The van der Waals surface area contributed by atoms with Gasteiger partial charge in [-0.25, -0.2) is 0 Å². The van der Waals surface area contributed by atoms with Crippen LogP contribution in [0.2, 0.25) is 0 Å². The third kappa shape index (κ3) is 4.31. The molecule has 0 rings (SSSR count). The number of rotatable bonds is 4. The van der Waals surface area contributed by atoms with E-state index in [1.54, 1.807) is 18.2 Å². The Morgan fingerprint density at radius 2 is 2.00 bits per heavy atom. The van der Waals surface area contributed by atoms with Crippen LogP contribution < -0.4 is 5.73 Å². The highest BCUT2D eigenvalue weighted by Gasteiger charge is 2.00. The Hall–Kier alpha value is -1.31. The largest absolute Gasteiger partial charge is 0.402 e. The van der Waals surface area contributed by atoms with E-state index in [1.807, 2.05) is 20.8 Å². The van der Waals surface area contributed by atoms with Crippen molar-refractivity contribution in [1.29, 1.82) is 5.41 Å². The first kappa shape index (κ1) is 11.7. The molecule has 0 aromatic rings. The molecule has 72 valence electrons. The molecule has 13 heavy (non-hydrogen) atoms. The zero-order valence-corrected chi connectivity index (χ0v) is 8.59. The van der Waals surface area contributed by atoms with Gasteiger partial charge in [-0.1, -0.05) is 32.6 Å². The first-order valence-corrected chi connectivity index (χ1v) is 4.34. The van der Waals surface area contributed by atoms with E-state index in [0.29, 0.717) is 5.71 Å². The van der Waals surface area contributed by atoms with Gasteiger partial charge in [-0.2, -0.15) is 0 Å². The third-order valence-corrected chi connectivity index (χ3v) is 1.77. The van der Waals surface area contributed by atoms with Crippen LogP contribution in [0.25, 0.3) is 0 Å². The zero-order chi connectivity index (χ0) is 10.4. The molecule has 0 aromatic heterocycles. The van der Waals surface area contributed by atoms with Crippen LogP contribution in [-0.2, 0) is 0 Å². The molecular weight excluding hydrogens is 160 g/mol. The Morgan fingerprint density at radius 1 is 1.46 bits per heavy atom. The first-order valence-electron chi connectivity index (χ1n) is 4.34. The van der Waals surface area contributed by atoms with E-state index in [0.717, 1.165) is 11.3 Å². The van der Waals surface area contributed by atoms with Crippen LogP contribution in [0.4, 0.5) is 0 Å². The lowest BCUT2D eigenvalue weighted by molar-refractivity contribution is 0.758. The molecule has 0 aliphatic rings. The Morgan fingerprint density at radius 3 is 2.38 bits per heavy atom. The van der Waals surface area contributed by atoms with Crippen molar-refractivity contribution in [2.45, 2.75) is 20.8 Å². The Labute approximate surface area is 80.3 Å². The molecule has 0 saturated heterocycles. The highest BCUT2D eigenvalue weighted by Crippen LogP contribution is 2.05. The van der Waals surface area contributed by atoms with E-state index >= 15 is 0 Å². The van der Waals surface area contributed by atoms with E-state index in [2.05, 4.69) is 6.58 Å². The number of nitrogens with two attached hydrogens (primary N) is 1. The fourth-order valence-electron chi connectivity index (χ4n) is 0.714. The Balaban J connectivity index is 4.55. The summed E-state index contributed by atoms with van der Waals surface area (Å²) in [7, 11) is 0. The van der Waals surface area contributed by atoms with Crippen LogP contribution in [0.5, 0.6) is 0 Å². The van der Waals surface area contributed by atoms with Crippen LogP contribution in [-0.4, -0.2) is 5.71 Å². The molecule has 0 aliphatic heterocycles. The summed E-state index contributed by atoms with van der Waals surface area (Å²) in [5.41, 5.74) is 7.78. The lowest BCUT2D eigenvalue weighted by Gasteiger charge is -2.05. The number of hydrogen-bond donors (Lipinski definition) is 2. The number of nitrogens with one attached hydrogen (secondary N) is 1. The SMILES string of the molecule is C=C/C=C(\C)C(=N)C=C(N)C(C)C. The van der Waals surface area contributed by atoms with Gasteiger partial charge in [-0.15, -0.1) is 0 Å². The second-order valence-corrected chi connectivity index (χ2v) is 3.30. The predicted molar refractivity (Wildman–Crippen MR) is 58.8 cm³/mol. The summed E-state index contributed by atoms with van der Waals surface area (Å²) in [5.74, 6) is 0.289. The van der Waals surface area contributed by atoms with Crippen molar-refractivity contribution in [3.63, 3.8) is 0 Å². The summed E-state index contributed by atoms with van der Waals surface area (Å²) in [6.45, 7) is 9.45. The van der Waals surface area contributed by atoms with E-state index in [-0.39, 0.29) is 5.92 Å². The summed E-state index contributed by atoms with van der Waals surface area (Å²) >= 11 is 0. The molecule has 0 amide bonds. The number of allylic oxidation sites excluding steroid dienone is 5. The molecule has 0 heterocycles. The lowest BCUT2D eigenvalue weighted by atomic mass is 10.1.